The van der Waals surface area contributed by atoms with Gasteiger partial charge >= 0.3 is 0 Å². The van der Waals surface area contributed by atoms with Crippen LogP contribution < -0.4 is 10.5 Å². The van der Waals surface area contributed by atoms with Crippen molar-refractivity contribution < 1.29 is 18.3 Å². The molecule has 4 aliphatic rings. The molecule has 2 aromatic rings. The van der Waals surface area contributed by atoms with Gasteiger partial charge in [0.1, 0.15) is 0 Å². The average molecular weight is 588 g/mol. The molecule has 4 fully saturated rings. The van der Waals surface area contributed by atoms with E-state index in [9.17, 15) is 18.3 Å². The monoisotopic (exact) mass is 587 g/mol. The van der Waals surface area contributed by atoms with Crippen LogP contribution in [-0.4, -0.2) is 30.5 Å². The van der Waals surface area contributed by atoms with Gasteiger partial charge in [-0.25, -0.2) is 18.5 Å². The first-order valence-corrected chi connectivity index (χ1v) is 17.7. The molecule has 0 saturated heterocycles. The zero-order valence-electron chi connectivity index (χ0n) is 24.1. The Balaban J connectivity index is 1.07. The Kier molecular flexibility index (Phi) is 7.37. The summed E-state index contributed by atoms with van der Waals surface area (Å²) in [5.41, 5.74) is 1.99. The third kappa shape index (κ3) is 4.92. The molecule has 0 bridgehead atoms. The van der Waals surface area contributed by atoms with Gasteiger partial charge in [0.25, 0.3) is 10.0 Å². The van der Waals surface area contributed by atoms with Crippen LogP contribution in [0.3, 0.4) is 0 Å². The van der Waals surface area contributed by atoms with E-state index in [2.05, 4.69) is 31.1 Å². The van der Waals surface area contributed by atoms with Crippen molar-refractivity contribution in [2.45, 2.75) is 102 Å². The molecule has 0 spiro atoms. The average Bonchev–Trinajstić information content (AvgIpc) is 3.48. The highest BCUT2D eigenvalue weighted by Gasteiger charge is 2.60. The lowest BCUT2D eigenvalue weighted by Crippen LogP contribution is -2.54. The summed E-state index contributed by atoms with van der Waals surface area (Å²) >= 11 is 1.02. The third-order valence-corrected chi connectivity index (χ3v) is 14.5. The molecule has 7 nitrogen and oxygen atoms in total. The summed E-state index contributed by atoms with van der Waals surface area (Å²) in [5, 5.41) is 18.6. The summed E-state index contributed by atoms with van der Waals surface area (Å²) in [7, 11) is -3.85. The van der Waals surface area contributed by atoms with Crippen molar-refractivity contribution in [1.29, 1.82) is 0 Å². The van der Waals surface area contributed by atoms with Crippen LogP contribution in [0.4, 0.5) is 5.69 Å². The molecule has 1 aromatic heterocycles. The van der Waals surface area contributed by atoms with Crippen molar-refractivity contribution in [2.24, 2.45) is 51.5 Å². The summed E-state index contributed by atoms with van der Waals surface area (Å²) < 4.78 is 23.8. The van der Waals surface area contributed by atoms with Gasteiger partial charge in [0.05, 0.1) is 16.3 Å². The molecule has 220 valence electrons. The fourth-order valence-corrected chi connectivity index (χ4v) is 11.8. The largest absolute Gasteiger partial charge is 0.393 e. The zero-order valence-corrected chi connectivity index (χ0v) is 25.7. The van der Waals surface area contributed by atoms with Crippen molar-refractivity contribution in [3.05, 3.63) is 18.2 Å². The minimum atomic E-state index is -3.85. The summed E-state index contributed by atoms with van der Waals surface area (Å²) in [4.78, 5) is 17.0. The summed E-state index contributed by atoms with van der Waals surface area (Å²) in [5.74, 6) is 4.29. The molecular formula is C31H45N3O4S2. The fraction of sp³-hybridized carbons (Fsp3) is 0.742. The van der Waals surface area contributed by atoms with E-state index in [-0.39, 0.29) is 16.4 Å². The molecule has 4 aliphatic carbocycles. The number of fused-ring (bicyclic) bond motifs is 6. The highest BCUT2D eigenvalue weighted by atomic mass is 32.2. The SMILES string of the molecule is C[C@H](CCC(=O)Nc1ccc2nc(S(N)(=O)=O)sc2c1)[C@H]1CC[C@H]2[C@@H]3CC[C@@H]4C[C@H](O)CC[C@]4(C)[C@H]3CC[C@]12C. The molecule has 1 amide bonds. The van der Waals surface area contributed by atoms with Crippen LogP contribution in [0.5, 0.6) is 0 Å². The number of benzene rings is 1. The summed E-state index contributed by atoms with van der Waals surface area (Å²) in [6.45, 7) is 7.49. The second-order valence-electron chi connectivity index (χ2n) is 14.1. The number of aliphatic hydroxyl groups excluding tert-OH is 1. The lowest BCUT2D eigenvalue weighted by atomic mass is 9.44. The molecule has 6 rings (SSSR count). The number of primary sulfonamides is 1. The topological polar surface area (TPSA) is 122 Å². The van der Waals surface area contributed by atoms with Crippen molar-refractivity contribution in [3.63, 3.8) is 0 Å². The highest BCUT2D eigenvalue weighted by Crippen LogP contribution is 2.68. The number of nitrogens with one attached hydrogen (secondary N) is 1. The van der Waals surface area contributed by atoms with Crippen LogP contribution in [0.1, 0.15) is 91.4 Å². The molecule has 1 aromatic carbocycles. The second-order valence-corrected chi connectivity index (χ2v) is 16.9. The number of nitrogens with zero attached hydrogens (tertiary/aromatic N) is 1. The van der Waals surface area contributed by atoms with Crippen LogP contribution in [0.25, 0.3) is 10.2 Å². The maximum Gasteiger partial charge on any atom is 0.265 e. The zero-order chi connectivity index (χ0) is 28.4. The number of nitrogens with two attached hydrogens (primary N) is 1. The number of sulfonamides is 1. The number of hydrogen-bond acceptors (Lipinski definition) is 6. The number of aliphatic hydroxyl groups is 1. The van der Waals surface area contributed by atoms with E-state index in [1.807, 2.05) is 0 Å². The van der Waals surface area contributed by atoms with Gasteiger partial charge in [-0.1, -0.05) is 20.8 Å². The van der Waals surface area contributed by atoms with E-state index in [0.29, 0.717) is 50.9 Å². The van der Waals surface area contributed by atoms with Gasteiger partial charge in [-0.15, -0.1) is 11.3 Å². The van der Waals surface area contributed by atoms with Gasteiger partial charge in [-0.3, -0.25) is 4.79 Å². The Labute approximate surface area is 242 Å². The van der Waals surface area contributed by atoms with Crippen molar-refractivity contribution in [3.8, 4) is 0 Å². The first-order chi connectivity index (χ1) is 18.9. The van der Waals surface area contributed by atoms with E-state index < -0.39 is 10.0 Å². The maximum absolute atomic E-state index is 12.9. The molecule has 0 radical (unpaired) electrons. The number of carbonyl (C=O) groups excluding carboxylic acids is 1. The summed E-state index contributed by atoms with van der Waals surface area (Å²) in [6, 6.07) is 5.25. The van der Waals surface area contributed by atoms with Gasteiger partial charge < -0.3 is 10.4 Å². The number of amides is 1. The maximum atomic E-state index is 12.9. The number of aromatic nitrogens is 1. The van der Waals surface area contributed by atoms with E-state index in [1.165, 1.54) is 44.9 Å². The predicted octanol–water partition coefficient (Wildman–Crippen LogP) is 6.32. The first-order valence-electron chi connectivity index (χ1n) is 15.3. The van der Waals surface area contributed by atoms with Crippen LogP contribution in [0.2, 0.25) is 0 Å². The lowest BCUT2D eigenvalue weighted by Gasteiger charge is -2.61. The Morgan fingerprint density at radius 3 is 2.65 bits per heavy atom. The standard InChI is InChI=1S/C31H45N3O4S2/c1-18(4-11-28(36)33-20-6-10-26-27(17-20)39-29(34-26)40(32,37)38)23-8-9-24-22-7-5-19-16-21(35)12-14-30(19,2)25(22)13-15-31(23,24)3/h6,10,17-19,21-25,35H,4-5,7-9,11-16H2,1-3H3,(H,33,36)(H2,32,37,38)/t18-,19-,21-,22+,23-,24+,25+,30+,31-/m1/s1. The second kappa shape index (κ2) is 10.3. The van der Waals surface area contributed by atoms with Gasteiger partial charge in [0.15, 0.2) is 0 Å². The van der Waals surface area contributed by atoms with Gasteiger partial charge in [0, 0.05) is 12.1 Å². The predicted molar refractivity (Wildman–Crippen MR) is 159 cm³/mol. The number of hydrogen-bond donors (Lipinski definition) is 3. The molecule has 0 unspecified atom stereocenters. The third-order valence-electron chi connectivity index (χ3n) is 12.1. The molecule has 40 heavy (non-hydrogen) atoms. The van der Waals surface area contributed by atoms with Crippen LogP contribution in [0, 0.1) is 46.3 Å². The number of anilines is 1. The number of rotatable bonds is 6. The van der Waals surface area contributed by atoms with Gasteiger partial charge in [-0.05, 0) is 129 Å². The Morgan fingerprint density at radius 1 is 1.12 bits per heavy atom. The minimum Gasteiger partial charge on any atom is -0.393 e. The molecule has 9 heteroatoms. The van der Waals surface area contributed by atoms with Crippen molar-refractivity contribution >= 4 is 43.2 Å². The fourth-order valence-electron chi connectivity index (χ4n) is 10.1. The molecule has 4 N–H and O–H groups in total. The quantitative estimate of drug-likeness (QED) is 0.365. The minimum absolute atomic E-state index is 0.00322. The molecule has 0 aliphatic heterocycles. The van der Waals surface area contributed by atoms with Crippen LogP contribution in [-0.2, 0) is 14.8 Å². The van der Waals surface area contributed by atoms with Crippen LogP contribution in [0.15, 0.2) is 22.5 Å². The van der Waals surface area contributed by atoms with Crippen molar-refractivity contribution in [1.82, 2.24) is 4.98 Å². The molecule has 1 heterocycles. The number of thiazole rings is 1. The van der Waals surface area contributed by atoms with E-state index in [1.54, 1.807) is 18.2 Å². The Hall–Kier alpha value is -1.55. The number of carbonyl (C=O) groups is 1. The van der Waals surface area contributed by atoms with E-state index >= 15 is 0 Å². The summed E-state index contributed by atoms with van der Waals surface area (Å²) in [6.07, 6.45) is 12.3. The van der Waals surface area contributed by atoms with Crippen LogP contribution >= 0.6 is 11.3 Å². The highest BCUT2D eigenvalue weighted by molar-refractivity contribution is 7.91. The lowest BCUT2D eigenvalue weighted by molar-refractivity contribution is -0.129. The van der Waals surface area contributed by atoms with Gasteiger partial charge in [-0.2, -0.15) is 0 Å². The molecule has 9 atom stereocenters. The van der Waals surface area contributed by atoms with E-state index in [4.69, 9.17) is 5.14 Å². The first kappa shape index (κ1) is 28.6. The van der Waals surface area contributed by atoms with Gasteiger partial charge in [0.2, 0.25) is 10.2 Å². The molecule has 4 saturated carbocycles. The Morgan fingerprint density at radius 2 is 1.88 bits per heavy atom. The normalized spacial score (nSPS) is 38.3. The molecular weight excluding hydrogens is 542 g/mol. The van der Waals surface area contributed by atoms with E-state index in [0.717, 1.165) is 48.4 Å². The smallest absolute Gasteiger partial charge is 0.265 e. The Bertz CT molecular complexity index is 1390. The van der Waals surface area contributed by atoms with Crippen molar-refractivity contribution in [2.75, 3.05) is 5.32 Å².